The highest BCUT2D eigenvalue weighted by Gasteiger charge is 2.30. The molecule has 1 atom stereocenters. The average Bonchev–Trinajstić information content (AvgIpc) is 3.34. The quantitative estimate of drug-likeness (QED) is 0.306. The predicted molar refractivity (Wildman–Crippen MR) is 125 cm³/mol. The number of hydrogen-bond acceptors (Lipinski definition) is 4. The Hall–Kier alpha value is -3.33. The molecule has 5 nitrogen and oxygen atoms in total. The molecule has 0 aliphatic carbocycles. The Kier molecular flexibility index (Phi) is 6.40. The summed E-state index contributed by atoms with van der Waals surface area (Å²) in [6.07, 6.45) is -2.99. The summed E-state index contributed by atoms with van der Waals surface area (Å²) in [7, 11) is 0. The highest BCUT2D eigenvalue weighted by Crippen LogP contribution is 2.39. The highest BCUT2D eigenvalue weighted by molar-refractivity contribution is 7.15. The fourth-order valence-electron chi connectivity index (χ4n) is 3.76. The van der Waals surface area contributed by atoms with Gasteiger partial charge in [-0.1, -0.05) is 26.0 Å². The van der Waals surface area contributed by atoms with Crippen LogP contribution >= 0.6 is 11.3 Å². The molecule has 0 amide bonds. The van der Waals surface area contributed by atoms with Crippen molar-refractivity contribution in [3.8, 4) is 16.3 Å². The second-order valence-corrected chi connectivity index (χ2v) is 9.41. The highest BCUT2D eigenvalue weighted by atomic mass is 32.1. The lowest BCUT2D eigenvalue weighted by atomic mass is 10.0. The number of aliphatic carboxylic acids is 1. The molecule has 178 valence electrons. The van der Waals surface area contributed by atoms with Gasteiger partial charge in [-0.3, -0.25) is 4.79 Å². The van der Waals surface area contributed by atoms with E-state index in [0.29, 0.717) is 16.3 Å². The minimum Gasteiger partial charge on any atom is -0.484 e. The van der Waals surface area contributed by atoms with Gasteiger partial charge < -0.3 is 14.4 Å². The maximum Gasteiger partial charge on any atom is 0.416 e. The molecule has 34 heavy (non-hydrogen) atoms. The van der Waals surface area contributed by atoms with E-state index in [1.165, 1.54) is 23.5 Å². The van der Waals surface area contributed by atoms with E-state index in [0.717, 1.165) is 33.6 Å². The monoisotopic (exact) mass is 488 g/mol. The van der Waals surface area contributed by atoms with Gasteiger partial charge in [0, 0.05) is 17.8 Å². The number of thiazole rings is 1. The van der Waals surface area contributed by atoms with Gasteiger partial charge in [0.05, 0.1) is 21.7 Å². The number of fused-ring (bicyclic) bond motifs is 1. The summed E-state index contributed by atoms with van der Waals surface area (Å²) in [5, 5.41) is 10.7. The van der Waals surface area contributed by atoms with E-state index in [-0.39, 0.29) is 18.6 Å². The largest absolute Gasteiger partial charge is 0.484 e. The smallest absolute Gasteiger partial charge is 0.416 e. The van der Waals surface area contributed by atoms with Crippen molar-refractivity contribution in [2.75, 3.05) is 0 Å². The van der Waals surface area contributed by atoms with Crippen molar-refractivity contribution < 1.29 is 27.8 Å². The second-order valence-electron chi connectivity index (χ2n) is 8.38. The minimum absolute atomic E-state index is 0.0844. The first-order valence-electron chi connectivity index (χ1n) is 10.6. The molecule has 1 N–H and O–H groups in total. The van der Waals surface area contributed by atoms with Crippen LogP contribution < -0.4 is 4.74 Å². The lowest BCUT2D eigenvalue weighted by molar-refractivity contribution is -0.138. The maximum absolute atomic E-state index is 12.9. The Balaban J connectivity index is 1.63. The van der Waals surface area contributed by atoms with Crippen molar-refractivity contribution in [1.29, 1.82) is 0 Å². The minimum atomic E-state index is -4.38. The predicted octanol–water partition coefficient (Wildman–Crippen LogP) is 6.95. The van der Waals surface area contributed by atoms with Gasteiger partial charge in [-0.05, 0) is 48.6 Å². The third-order valence-electron chi connectivity index (χ3n) is 5.47. The molecule has 0 aliphatic heterocycles. The van der Waals surface area contributed by atoms with Gasteiger partial charge in [0.25, 0.3) is 0 Å². The Morgan fingerprint density at radius 1 is 1.15 bits per heavy atom. The van der Waals surface area contributed by atoms with Gasteiger partial charge in [0.1, 0.15) is 23.4 Å². The molecule has 4 aromatic rings. The summed E-state index contributed by atoms with van der Waals surface area (Å²) in [5.74, 6) is -0.249. The Labute approximate surface area is 198 Å². The lowest BCUT2D eigenvalue weighted by Gasteiger charge is -2.22. The zero-order valence-corrected chi connectivity index (χ0v) is 19.6. The van der Waals surface area contributed by atoms with Crippen LogP contribution in [0.25, 0.3) is 21.5 Å². The van der Waals surface area contributed by atoms with Crippen LogP contribution in [0.3, 0.4) is 0 Å². The number of ether oxygens (including phenoxy) is 1. The van der Waals surface area contributed by atoms with Crippen LogP contribution in [0, 0.1) is 12.8 Å². The number of rotatable bonds is 7. The molecule has 0 radical (unpaired) electrons. The van der Waals surface area contributed by atoms with Crippen molar-refractivity contribution in [3.05, 3.63) is 70.9 Å². The van der Waals surface area contributed by atoms with Crippen molar-refractivity contribution >= 4 is 28.2 Å². The molecule has 0 saturated carbocycles. The zero-order chi connectivity index (χ0) is 24.6. The van der Waals surface area contributed by atoms with Crippen LogP contribution in [0.1, 0.15) is 36.1 Å². The van der Waals surface area contributed by atoms with Gasteiger partial charge in [-0.15, -0.1) is 11.3 Å². The molecule has 0 bridgehead atoms. The Morgan fingerprint density at radius 2 is 1.85 bits per heavy atom. The van der Waals surface area contributed by atoms with Crippen LogP contribution in [-0.4, -0.2) is 20.6 Å². The topological polar surface area (TPSA) is 64.4 Å². The number of carboxylic acids is 1. The van der Waals surface area contributed by atoms with E-state index in [1.807, 2.05) is 45.0 Å². The molecule has 9 heteroatoms. The van der Waals surface area contributed by atoms with Gasteiger partial charge in [0.15, 0.2) is 0 Å². The second kappa shape index (κ2) is 9.13. The number of carbonyl (C=O) groups is 1. The first-order valence-corrected chi connectivity index (χ1v) is 11.5. The van der Waals surface area contributed by atoms with Crippen molar-refractivity contribution in [2.45, 2.75) is 39.6 Å². The fraction of sp³-hybridized carbons (Fsp3) is 0.280. The maximum atomic E-state index is 12.9. The number of alkyl halides is 3. The van der Waals surface area contributed by atoms with Gasteiger partial charge in [0.2, 0.25) is 0 Å². The van der Waals surface area contributed by atoms with E-state index < -0.39 is 17.7 Å². The number of hydrogen-bond donors (Lipinski definition) is 1. The van der Waals surface area contributed by atoms with Crippen molar-refractivity contribution in [3.63, 3.8) is 0 Å². The van der Waals surface area contributed by atoms with Crippen LogP contribution in [0.15, 0.2) is 54.7 Å². The Morgan fingerprint density at radius 3 is 2.47 bits per heavy atom. The summed E-state index contributed by atoms with van der Waals surface area (Å²) in [6, 6.07) is 12.4. The SMILES string of the molecule is Cc1nc(-c2ccc(C(F)(F)F)cc2)sc1C(Oc1ccc2ccn(CC(=O)O)c2c1)C(C)C. The number of nitrogens with zero attached hydrogens (tertiary/aromatic N) is 2. The van der Waals surface area contributed by atoms with E-state index in [4.69, 9.17) is 9.84 Å². The average molecular weight is 489 g/mol. The first-order chi connectivity index (χ1) is 16.0. The van der Waals surface area contributed by atoms with Crippen LogP contribution in [0.4, 0.5) is 13.2 Å². The molecule has 0 aliphatic rings. The molecule has 0 saturated heterocycles. The third-order valence-corrected chi connectivity index (χ3v) is 6.74. The van der Waals surface area contributed by atoms with Gasteiger partial charge in [-0.2, -0.15) is 13.2 Å². The number of aryl methyl sites for hydroxylation is 1. The standard InChI is InChI=1S/C25H23F3N2O3S/c1-14(2)22(33-19-9-6-16-10-11-30(13-21(31)32)20(16)12-19)23-15(3)29-24(34-23)17-4-7-18(8-5-17)25(26,27)28/h4-12,14,22H,13H2,1-3H3,(H,31,32). The molecular formula is C25H23F3N2O3S. The molecule has 2 heterocycles. The molecule has 0 fully saturated rings. The number of benzene rings is 2. The molecule has 2 aromatic heterocycles. The third kappa shape index (κ3) is 4.94. The summed E-state index contributed by atoms with van der Waals surface area (Å²) in [4.78, 5) is 16.6. The molecule has 4 rings (SSSR count). The summed E-state index contributed by atoms with van der Waals surface area (Å²) < 4.78 is 46.7. The van der Waals surface area contributed by atoms with E-state index in [2.05, 4.69) is 4.98 Å². The summed E-state index contributed by atoms with van der Waals surface area (Å²) in [6.45, 7) is 5.75. The molecule has 0 spiro atoms. The molecule has 1 unspecified atom stereocenters. The normalized spacial score (nSPS) is 12.9. The van der Waals surface area contributed by atoms with Gasteiger partial charge in [-0.25, -0.2) is 4.98 Å². The van der Waals surface area contributed by atoms with Gasteiger partial charge >= 0.3 is 12.1 Å². The van der Waals surface area contributed by atoms with E-state index in [9.17, 15) is 18.0 Å². The molecular weight excluding hydrogens is 465 g/mol. The van der Waals surface area contributed by atoms with E-state index >= 15 is 0 Å². The number of carboxylic acid groups (broad SMARTS) is 1. The number of aromatic nitrogens is 2. The Bertz CT molecular complexity index is 1320. The fourth-order valence-corrected chi connectivity index (χ4v) is 5.03. The van der Waals surface area contributed by atoms with Crippen molar-refractivity contribution in [1.82, 2.24) is 9.55 Å². The van der Waals surface area contributed by atoms with E-state index in [1.54, 1.807) is 10.8 Å². The summed E-state index contributed by atoms with van der Waals surface area (Å²) in [5.41, 5.74) is 1.43. The van der Waals surface area contributed by atoms with Crippen LogP contribution in [-0.2, 0) is 17.5 Å². The lowest BCUT2D eigenvalue weighted by Crippen LogP contribution is -2.14. The molecule has 2 aromatic carbocycles. The number of halogens is 3. The first kappa shape index (κ1) is 23.8. The zero-order valence-electron chi connectivity index (χ0n) is 18.8. The summed E-state index contributed by atoms with van der Waals surface area (Å²) >= 11 is 1.40. The van der Waals surface area contributed by atoms with Crippen LogP contribution in [0.5, 0.6) is 5.75 Å². The van der Waals surface area contributed by atoms with Crippen LogP contribution in [0.2, 0.25) is 0 Å². The van der Waals surface area contributed by atoms with Crippen molar-refractivity contribution in [2.24, 2.45) is 5.92 Å².